The Kier molecular flexibility index (Phi) is 2.98. The highest BCUT2D eigenvalue weighted by atomic mass is 35.5. The molecule has 0 aliphatic rings. The van der Waals surface area contributed by atoms with E-state index in [1.807, 2.05) is 0 Å². The van der Waals surface area contributed by atoms with Crippen molar-refractivity contribution in [3.05, 3.63) is 33.6 Å². The van der Waals surface area contributed by atoms with E-state index in [0.29, 0.717) is 22.0 Å². The SMILES string of the molecule is COc1cc2c(Cl)cc(=O)n(C)c2cc1OC. The summed E-state index contributed by atoms with van der Waals surface area (Å²) in [6, 6.07) is 4.88. The van der Waals surface area contributed by atoms with Gasteiger partial charge in [0.25, 0.3) is 5.56 Å². The van der Waals surface area contributed by atoms with Crippen molar-refractivity contribution in [3.8, 4) is 11.5 Å². The van der Waals surface area contributed by atoms with E-state index in [-0.39, 0.29) is 5.56 Å². The summed E-state index contributed by atoms with van der Waals surface area (Å²) in [7, 11) is 4.79. The lowest BCUT2D eigenvalue weighted by atomic mass is 10.2. The third-order valence-corrected chi connectivity index (χ3v) is 3.01. The number of fused-ring (bicyclic) bond motifs is 1. The number of methoxy groups -OCH3 is 2. The molecule has 90 valence electrons. The monoisotopic (exact) mass is 253 g/mol. The number of hydrogen-bond acceptors (Lipinski definition) is 3. The molecule has 4 nitrogen and oxygen atoms in total. The molecule has 1 heterocycles. The second-order valence-electron chi connectivity index (χ2n) is 3.61. The van der Waals surface area contributed by atoms with E-state index in [0.717, 1.165) is 5.39 Å². The van der Waals surface area contributed by atoms with Crippen LogP contribution in [0, 0.1) is 0 Å². The summed E-state index contributed by atoms with van der Waals surface area (Å²) < 4.78 is 11.9. The Morgan fingerprint density at radius 2 is 1.71 bits per heavy atom. The van der Waals surface area contributed by atoms with Gasteiger partial charge < -0.3 is 14.0 Å². The molecule has 0 amide bonds. The summed E-state index contributed by atoms with van der Waals surface area (Å²) in [6.45, 7) is 0. The Balaban J connectivity index is 2.92. The van der Waals surface area contributed by atoms with Crippen LogP contribution in [-0.4, -0.2) is 18.8 Å². The lowest BCUT2D eigenvalue weighted by Gasteiger charge is -2.12. The molecule has 17 heavy (non-hydrogen) atoms. The van der Waals surface area contributed by atoms with Crippen LogP contribution in [0.25, 0.3) is 10.9 Å². The fraction of sp³-hybridized carbons (Fsp3) is 0.250. The number of halogens is 1. The van der Waals surface area contributed by atoms with Gasteiger partial charge in [0.15, 0.2) is 11.5 Å². The molecule has 0 fully saturated rings. The van der Waals surface area contributed by atoms with Gasteiger partial charge in [-0.3, -0.25) is 4.79 Å². The standard InChI is InChI=1S/C12H12ClNO3/c1-14-9-6-11(17-3)10(16-2)4-7(9)8(13)5-12(14)15/h4-6H,1-3H3. The summed E-state index contributed by atoms with van der Waals surface area (Å²) in [4.78, 5) is 11.6. The molecule has 0 N–H and O–H groups in total. The zero-order valence-electron chi connectivity index (χ0n) is 9.78. The third kappa shape index (κ3) is 1.85. The van der Waals surface area contributed by atoms with Crippen molar-refractivity contribution >= 4 is 22.5 Å². The van der Waals surface area contributed by atoms with Gasteiger partial charge in [0, 0.05) is 24.6 Å². The maximum absolute atomic E-state index is 11.6. The topological polar surface area (TPSA) is 40.5 Å². The second kappa shape index (κ2) is 4.30. The Bertz CT molecular complexity index is 634. The molecule has 5 heteroatoms. The number of aryl methyl sites for hydroxylation is 1. The van der Waals surface area contributed by atoms with Crippen molar-refractivity contribution in [3.63, 3.8) is 0 Å². The molecular formula is C12H12ClNO3. The van der Waals surface area contributed by atoms with Gasteiger partial charge in [-0.1, -0.05) is 11.6 Å². The summed E-state index contributed by atoms with van der Waals surface area (Å²) in [5, 5.41) is 1.16. The summed E-state index contributed by atoms with van der Waals surface area (Å²) in [6.07, 6.45) is 0. The minimum absolute atomic E-state index is 0.158. The van der Waals surface area contributed by atoms with Crippen LogP contribution >= 0.6 is 11.6 Å². The largest absolute Gasteiger partial charge is 0.493 e. The number of aromatic nitrogens is 1. The van der Waals surface area contributed by atoms with Crippen LogP contribution in [-0.2, 0) is 7.05 Å². The van der Waals surface area contributed by atoms with E-state index < -0.39 is 0 Å². The highest BCUT2D eigenvalue weighted by molar-refractivity contribution is 6.35. The van der Waals surface area contributed by atoms with E-state index in [9.17, 15) is 4.79 Å². The number of hydrogen-bond donors (Lipinski definition) is 0. The fourth-order valence-electron chi connectivity index (χ4n) is 1.74. The van der Waals surface area contributed by atoms with Crippen molar-refractivity contribution in [2.45, 2.75) is 0 Å². The predicted octanol–water partition coefficient (Wildman–Crippen LogP) is 2.21. The number of benzene rings is 1. The van der Waals surface area contributed by atoms with E-state index in [2.05, 4.69) is 0 Å². The lowest BCUT2D eigenvalue weighted by Crippen LogP contribution is -2.15. The smallest absolute Gasteiger partial charge is 0.252 e. The van der Waals surface area contributed by atoms with Crippen molar-refractivity contribution in [1.29, 1.82) is 0 Å². The van der Waals surface area contributed by atoms with Gasteiger partial charge in [0.2, 0.25) is 0 Å². The first-order valence-electron chi connectivity index (χ1n) is 4.99. The molecule has 2 rings (SSSR count). The number of pyridine rings is 1. The van der Waals surface area contributed by atoms with E-state index in [1.54, 1.807) is 33.4 Å². The molecule has 2 aromatic rings. The van der Waals surface area contributed by atoms with Gasteiger partial charge in [0.1, 0.15) is 0 Å². The zero-order chi connectivity index (χ0) is 12.6. The Morgan fingerprint density at radius 3 is 2.29 bits per heavy atom. The molecular weight excluding hydrogens is 242 g/mol. The van der Waals surface area contributed by atoms with Crippen molar-refractivity contribution in [2.24, 2.45) is 7.05 Å². The van der Waals surface area contributed by atoms with Crippen LogP contribution < -0.4 is 15.0 Å². The number of ether oxygens (including phenoxy) is 2. The highest BCUT2D eigenvalue weighted by Gasteiger charge is 2.11. The molecule has 1 aromatic carbocycles. The Hall–Kier alpha value is -1.68. The molecule has 0 bridgehead atoms. The third-order valence-electron chi connectivity index (χ3n) is 2.70. The van der Waals surface area contributed by atoms with Crippen LogP contribution in [0.3, 0.4) is 0 Å². The van der Waals surface area contributed by atoms with Gasteiger partial charge in [-0.25, -0.2) is 0 Å². The first kappa shape index (κ1) is 11.8. The second-order valence-corrected chi connectivity index (χ2v) is 4.02. The van der Waals surface area contributed by atoms with Gasteiger partial charge >= 0.3 is 0 Å². The molecule has 0 radical (unpaired) electrons. The van der Waals surface area contributed by atoms with E-state index in [4.69, 9.17) is 21.1 Å². The average molecular weight is 254 g/mol. The molecule has 0 saturated carbocycles. The fourth-order valence-corrected chi connectivity index (χ4v) is 1.98. The van der Waals surface area contributed by atoms with Gasteiger partial charge in [0.05, 0.1) is 24.8 Å². The van der Waals surface area contributed by atoms with Crippen LogP contribution in [0.5, 0.6) is 11.5 Å². The summed E-state index contributed by atoms with van der Waals surface area (Å²) in [5.74, 6) is 1.15. The number of nitrogens with zero attached hydrogens (tertiary/aromatic N) is 1. The summed E-state index contributed by atoms with van der Waals surface area (Å²) >= 11 is 6.05. The maximum atomic E-state index is 11.6. The van der Waals surface area contributed by atoms with Gasteiger partial charge in [-0.05, 0) is 6.07 Å². The van der Waals surface area contributed by atoms with Crippen LogP contribution in [0.4, 0.5) is 0 Å². The zero-order valence-corrected chi connectivity index (χ0v) is 10.5. The predicted molar refractivity (Wildman–Crippen MR) is 67.3 cm³/mol. The van der Waals surface area contributed by atoms with Crippen LogP contribution in [0.1, 0.15) is 0 Å². The van der Waals surface area contributed by atoms with Gasteiger partial charge in [-0.2, -0.15) is 0 Å². The van der Waals surface area contributed by atoms with E-state index >= 15 is 0 Å². The Morgan fingerprint density at radius 1 is 1.12 bits per heavy atom. The molecule has 1 aromatic heterocycles. The average Bonchev–Trinajstić information content (AvgIpc) is 2.34. The van der Waals surface area contributed by atoms with Crippen molar-refractivity contribution in [1.82, 2.24) is 4.57 Å². The molecule has 0 spiro atoms. The maximum Gasteiger partial charge on any atom is 0.252 e. The highest BCUT2D eigenvalue weighted by Crippen LogP contribution is 2.34. The normalized spacial score (nSPS) is 10.6. The first-order valence-corrected chi connectivity index (χ1v) is 5.37. The molecule has 0 aliphatic heterocycles. The molecule has 0 aliphatic carbocycles. The minimum Gasteiger partial charge on any atom is -0.493 e. The first-order chi connectivity index (χ1) is 8.08. The van der Waals surface area contributed by atoms with Crippen molar-refractivity contribution in [2.75, 3.05) is 14.2 Å². The van der Waals surface area contributed by atoms with Crippen LogP contribution in [0.2, 0.25) is 5.02 Å². The van der Waals surface area contributed by atoms with E-state index in [1.165, 1.54) is 10.6 Å². The molecule has 0 atom stereocenters. The quantitative estimate of drug-likeness (QED) is 0.824. The van der Waals surface area contributed by atoms with Gasteiger partial charge in [-0.15, -0.1) is 0 Å². The van der Waals surface area contributed by atoms with Crippen molar-refractivity contribution < 1.29 is 9.47 Å². The number of rotatable bonds is 2. The Labute approximate surface area is 103 Å². The molecule has 0 unspecified atom stereocenters. The lowest BCUT2D eigenvalue weighted by molar-refractivity contribution is 0.355. The summed E-state index contributed by atoms with van der Waals surface area (Å²) in [5.41, 5.74) is 0.551. The van der Waals surface area contributed by atoms with Crippen LogP contribution in [0.15, 0.2) is 23.0 Å². The minimum atomic E-state index is -0.158. The molecule has 0 saturated heterocycles.